The predicted octanol–water partition coefficient (Wildman–Crippen LogP) is -0.992. The highest BCUT2D eigenvalue weighted by Gasteiger charge is 2.22. The molecular weight excluding hydrogens is 132 g/mol. The first-order chi connectivity index (χ1) is 4.70. The zero-order valence-corrected chi connectivity index (χ0v) is 5.71. The summed E-state index contributed by atoms with van der Waals surface area (Å²) in [5, 5.41) is 11.5. The molecule has 0 bridgehead atoms. The Morgan fingerprint density at radius 3 is 2.70 bits per heavy atom. The molecule has 0 aliphatic carbocycles. The maximum absolute atomic E-state index is 10.2. The smallest absolute Gasteiger partial charge is 0.320 e. The molecule has 1 atom stereocenters. The summed E-state index contributed by atoms with van der Waals surface area (Å²) >= 11 is 0. The van der Waals surface area contributed by atoms with E-state index in [-0.39, 0.29) is 0 Å². The third-order valence-corrected chi connectivity index (χ3v) is 1.77. The van der Waals surface area contributed by atoms with Crippen molar-refractivity contribution >= 4 is 5.97 Å². The average molecular weight is 144 g/mol. The second-order valence-electron chi connectivity index (χ2n) is 2.70. The van der Waals surface area contributed by atoms with Gasteiger partial charge in [-0.1, -0.05) is 0 Å². The monoisotopic (exact) mass is 144 g/mol. The van der Waals surface area contributed by atoms with Gasteiger partial charge in [0.2, 0.25) is 0 Å². The number of carboxylic acids is 1. The van der Waals surface area contributed by atoms with E-state index in [1.54, 1.807) is 0 Å². The van der Waals surface area contributed by atoms with Crippen molar-refractivity contribution in [2.24, 2.45) is 11.7 Å². The highest BCUT2D eigenvalue weighted by molar-refractivity contribution is 5.73. The summed E-state index contributed by atoms with van der Waals surface area (Å²) in [6.07, 6.45) is 0.600. The van der Waals surface area contributed by atoms with E-state index >= 15 is 0 Å². The number of carboxylic acid groups (broad SMARTS) is 1. The van der Waals surface area contributed by atoms with E-state index in [4.69, 9.17) is 10.8 Å². The van der Waals surface area contributed by atoms with Crippen LogP contribution in [0.1, 0.15) is 6.42 Å². The normalized spacial score (nSPS) is 21.7. The zero-order chi connectivity index (χ0) is 7.56. The van der Waals surface area contributed by atoms with Crippen molar-refractivity contribution in [3.63, 3.8) is 0 Å². The SMILES string of the molecule is N[C@@H](CC1CNC1)C(=O)O. The van der Waals surface area contributed by atoms with Crippen molar-refractivity contribution in [2.75, 3.05) is 13.1 Å². The Morgan fingerprint density at radius 2 is 2.40 bits per heavy atom. The van der Waals surface area contributed by atoms with Crippen LogP contribution in [0.2, 0.25) is 0 Å². The van der Waals surface area contributed by atoms with Gasteiger partial charge in [0.15, 0.2) is 0 Å². The minimum atomic E-state index is -0.896. The molecule has 0 saturated carbocycles. The molecule has 1 aliphatic rings. The molecule has 4 N–H and O–H groups in total. The van der Waals surface area contributed by atoms with Gasteiger partial charge in [-0.15, -0.1) is 0 Å². The Kier molecular flexibility index (Phi) is 2.24. The lowest BCUT2D eigenvalue weighted by atomic mass is 9.95. The first kappa shape index (κ1) is 7.50. The summed E-state index contributed by atoms with van der Waals surface area (Å²) in [7, 11) is 0. The highest BCUT2D eigenvalue weighted by atomic mass is 16.4. The van der Waals surface area contributed by atoms with Gasteiger partial charge in [-0.2, -0.15) is 0 Å². The number of nitrogens with one attached hydrogen (secondary N) is 1. The number of nitrogens with two attached hydrogens (primary N) is 1. The molecule has 1 saturated heterocycles. The fraction of sp³-hybridized carbons (Fsp3) is 0.833. The quantitative estimate of drug-likeness (QED) is 0.475. The lowest BCUT2D eigenvalue weighted by molar-refractivity contribution is -0.139. The minimum absolute atomic E-state index is 0.478. The Labute approximate surface area is 59.4 Å². The van der Waals surface area contributed by atoms with E-state index in [2.05, 4.69) is 5.32 Å². The van der Waals surface area contributed by atoms with Crippen LogP contribution < -0.4 is 11.1 Å². The maximum atomic E-state index is 10.2. The van der Waals surface area contributed by atoms with Gasteiger partial charge in [0, 0.05) is 0 Å². The molecule has 4 nitrogen and oxygen atoms in total. The number of rotatable bonds is 3. The van der Waals surface area contributed by atoms with Crippen LogP contribution in [0.15, 0.2) is 0 Å². The molecule has 0 spiro atoms. The first-order valence-electron chi connectivity index (χ1n) is 3.39. The van der Waals surface area contributed by atoms with Crippen LogP contribution in [-0.2, 0) is 4.79 Å². The van der Waals surface area contributed by atoms with E-state index in [0.717, 1.165) is 13.1 Å². The van der Waals surface area contributed by atoms with Crippen LogP contribution >= 0.6 is 0 Å². The molecule has 0 amide bonds. The minimum Gasteiger partial charge on any atom is -0.480 e. The summed E-state index contributed by atoms with van der Waals surface area (Å²) < 4.78 is 0. The van der Waals surface area contributed by atoms with Crippen LogP contribution in [0.3, 0.4) is 0 Å². The van der Waals surface area contributed by atoms with Crippen molar-refractivity contribution in [3.05, 3.63) is 0 Å². The van der Waals surface area contributed by atoms with Crippen LogP contribution in [0.4, 0.5) is 0 Å². The second kappa shape index (κ2) is 2.98. The number of carbonyl (C=O) groups is 1. The summed E-state index contributed by atoms with van der Waals surface area (Å²) in [6.45, 7) is 1.84. The lowest BCUT2D eigenvalue weighted by Crippen LogP contribution is -2.46. The van der Waals surface area contributed by atoms with E-state index in [9.17, 15) is 4.79 Å². The third-order valence-electron chi connectivity index (χ3n) is 1.77. The van der Waals surface area contributed by atoms with Gasteiger partial charge in [-0.25, -0.2) is 0 Å². The Balaban J connectivity index is 2.16. The number of hydrogen-bond donors (Lipinski definition) is 3. The van der Waals surface area contributed by atoms with Gasteiger partial charge in [0.1, 0.15) is 6.04 Å². The largest absolute Gasteiger partial charge is 0.480 e. The fourth-order valence-electron chi connectivity index (χ4n) is 0.975. The molecular formula is C6H12N2O2. The summed E-state index contributed by atoms with van der Waals surface area (Å²) in [6, 6.07) is -0.674. The first-order valence-corrected chi connectivity index (χ1v) is 3.39. The van der Waals surface area contributed by atoms with Gasteiger partial charge < -0.3 is 16.2 Å². The van der Waals surface area contributed by atoms with Gasteiger partial charge >= 0.3 is 5.97 Å². The summed E-state index contributed by atoms with van der Waals surface area (Å²) in [5.41, 5.74) is 5.30. The second-order valence-corrected chi connectivity index (χ2v) is 2.70. The molecule has 1 fully saturated rings. The third kappa shape index (κ3) is 1.68. The van der Waals surface area contributed by atoms with E-state index < -0.39 is 12.0 Å². The van der Waals surface area contributed by atoms with Crippen LogP contribution in [0.25, 0.3) is 0 Å². The molecule has 1 rings (SSSR count). The Morgan fingerprint density at radius 1 is 1.80 bits per heavy atom. The van der Waals surface area contributed by atoms with Gasteiger partial charge in [-0.05, 0) is 25.4 Å². The molecule has 0 aromatic heterocycles. The molecule has 58 valence electrons. The summed E-state index contributed by atoms with van der Waals surface area (Å²) in [4.78, 5) is 10.2. The standard InChI is InChI=1S/C6H12N2O2/c7-5(6(9)10)1-4-2-8-3-4/h4-5,8H,1-3,7H2,(H,9,10)/t5-/m0/s1. The molecule has 1 heterocycles. The number of aliphatic carboxylic acids is 1. The molecule has 0 aromatic rings. The molecule has 1 aliphatic heterocycles. The van der Waals surface area contributed by atoms with Gasteiger partial charge in [0.05, 0.1) is 0 Å². The fourth-order valence-corrected chi connectivity index (χ4v) is 0.975. The van der Waals surface area contributed by atoms with Crippen LogP contribution in [0, 0.1) is 5.92 Å². The molecule has 0 radical (unpaired) electrons. The lowest BCUT2D eigenvalue weighted by Gasteiger charge is -2.28. The van der Waals surface area contributed by atoms with Crippen molar-refractivity contribution in [3.8, 4) is 0 Å². The molecule has 0 aromatic carbocycles. The van der Waals surface area contributed by atoms with Gasteiger partial charge in [-0.3, -0.25) is 4.79 Å². The Hall–Kier alpha value is -0.610. The maximum Gasteiger partial charge on any atom is 0.320 e. The van der Waals surface area contributed by atoms with Gasteiger partial charge in [0.25, 0.3) is 0 Å². The number of hydrogen-bond acceptors (Lipinski definition) is 3. The molecule has 4 heteroatoms. The zero-order valence-electron chi connectivity index (χ0n) is 5.71. The molecule has 10 heavy (non-hydrogen) atoms. The van der Waals surface area contributed by atoms with E-state index in [1.165, 1.54) is 0 Å². The van der Waals surface area contributed by atoms with E-state index in [1.807, 2.05) is 0 Å². The van der Waals surface area contributed by atoms with Crippen molar-refractivity contribution in [1.82, 2.24) is 5.32 Å². The summed E-state index contributed by atoms with van der Waals surface area (Å²) in [5.74, 6) is -0.419. The molecule has 0 unspecified atom stereocenters. The Bertz CT molecular complexity index is 134. The average Bonchev–Trinajstić information content (AvgIpc) is 1.77. The van der Waals surface area contributed by atoms with Crippen molar-refractivity contribution < 1.29 is 9.90 Å². The van der Waals surface area contributed by atoms with Crippen LogP contribution in [0.5, 0.6) is 0 Å². The van der Waals surface area contributed by atoms with Crippen LogP contribution in [-0.4, -0.2) is 30.2 Å². The van der Waals surface area contributed by atoms with Crippen molar-refractivity contribution in [2.45, 2.75) is 12.5 Å². The van der Waals surface area contributed by atoms with E-state index in [0.29, 0.717) is 12.3 Å². The predicted molar refractivity (Wildman–Crippen MR) is 36.6 cm³/mol. The topological polar surface area (TPSA) is 75.3 Å². The highest BCUT2D eigenvalue weighted by Crippen LogP contribution is 2.09. The van der Waals surface area contributed by atoms with Crippen molar-refractivity contribution in [1.29, 1.82) is 0 Å².